The van der Waals surface area contributed by atoms with Gasteiger partial charge in [-0.2, -0.15) is 0 Å². The van der Waals surface area contributed by atoms with Crippen molar-refractivity contribution in [1.29, 1.82) is 0 Å². The average molecular weight is 337 g/mol. The summed E-state index contributed by atoms with van der Waals surface area (Å²) in [5.74, 6) is 1.43. The van der Waals surface area contributed by atoms with Crippen molar-refractivity contribution in [1.82, 2.24) is 10.3 Å². The summed E-state index contributed by atoms with van der Waals surface area (Å²) in [6, 6.07) is 3.96. The van der Waals surface area contributed by atoms with E-state index in [0.29, 0.717) is 23.4 Å². The number of rotatable bonds is 7. The van der Waals surface area contributed by atoms with E-state index >= 15 is 0 Å². The van der Waals surface area contributed by atoms with Crippen LogP contribution in [-0.4, -0.2) is 38.7 Å². The van der Waals surface area contributed by atoms with Crippen molar-refractivity contribution in [3.63, 3.8) is 0 Å². The van der Waals surface area contributed by atoms with E-state index in [9.17, 15) is 9.00 Å². The van der Waals surface area contributed by atoms with Crippen LogP contribution in [0, 0.1) is 0 Å². The predicted molar refractivity (Wildman–Crippen MR) is 95.2 cm³/mol. The van der Waals surface area contributed by atoms with Gasteiger partial charge < -0.3 is 10.6 Å². The molecule has 0 aliphatic heterocycles. The highest BCUT2D eigenvalue weighted by Gasteiger charge is 2.25. The van der Waals surface area contributed by atoms with Gasteiger partial charge in [0.15, 0.2) is 0 Å². The fourth-order valence-corrected chi connectivity index (χ4v) is 4.26. The molecule has 0 radical (unpaired) electrons. The SMILES string of the molecule is CCCNC(=O)c1ccc(NC2CCCC(S(=O)CC)C2)nc1. The summed E-state index contributed by atoms with van der Waals surface area (Å²) in [7, 11) is -0.719. The van der Waals surface area contributed by atoms with E-state index in [1.54, 1.807) is 12.3 Å². The molecule has 1 saturated carbocycles. The zero-order valence-electron chi connectivity index (χ0n) is 14.0. The molecule has 3 atom stereocenters. The summed E-state index contributed by atoms with van der Waals surface area (Å²) >= 11 is 0. The molecule has 1 aromatic rings. The maximum Gasteiger partial charge on any atom is 0.252 e. The van der Waals surface area contributed by atoms with Gasteiger partial charge in [0.2, 0.25) is 0 Å². The monoisotopic (exact) mass is 337 g/mol. The van der Waals surface area contributed by atoms with Gasteiger partial charge in [0.1, 0.15) is 5.82 Å². The Morgan fingerprint density at radius 1 is 1.35 bits per heavy atom. The number of nitrogens with zero attached hydrogens (tertiary/aromatic N) is 1. The maximum atomic E-state index is 12.0. The lowest BCUT2D eigenvalue weighted by molar-refractivity contribution is 0.0953. The van der Waals surface area contributed by atoms with Crippen molar-refractivity contribution in [2.75, 3.05) is 17.6 Å². The Morgan fingerprint density at radius 2 is 2.17 bits per heavy atom. The summed E-state index contributed by atoms with van der Waals surface area (Å²) in [6.07, 6.45) is 6.70. The smallest absolute Gasteiger partial charge is 0.252 e. The molecule has 0 saturated heterocycles. The highest BCUT2D eigenvalue weighted by molar-refractivity contribution is 7.85. The Bertz CT molecular complexity index is 533. The van der Waals surface area contributed by atoms with E-state index in [-0.39, 0.29) is 5.91 Å². The lowest BCUT2D eigenvalue weighted by atomic mass is 9.95. The van der Waals surface area contributed by atoms with Crippen molar-refractivity contribution in [2.24, 2.45) is 0 Å². The minimum Gasteiger partial charge on any atom is -0.367 e. The maximum absolute atomic E-state index is 12.0. The lowest BCUT2D eigenvalue weighted by Crippen LogP contribution is -2.33. The largest absolute Gasteiger partial charge is 0.367 e. The van der Waals surface area contributed by atoms with Gasteiger partial charge in [-0.15, -0.1) is 0 Å². The molecule has 1 amide bonds. The first-order valence-corrected chi connectivity index (χ1v) is 9.90. The van der Waals surface area contributed by atoms with Gasteiger partial charge in [-0.3, -0.25) is 9.00 Å². The average Bonchev–Trinajstić information content (AvgIpc) is 2.59. The summed E-state index contributed by atoms with van der Waals surface area (Å²) in [5, 5.41) is 6.56. The fourth-order valence-electron chi connectivity index (χ4n) is 2.91. The molecule has 1 aromatic heterocycles. The highest BCUT2D eigenvalue weighted by Crippen LogP contribution is 2.25. The molecule has 2 N–H and O–H groups in total. The molecule has 6 heteroatoms. The van der Waals surface area contributed by atoms with Crippen LogP contribution in [0.15, 0.2) is 18.3 Å². The standard InChI is InChI=1S/C17H27N3O2S/c1-3-10-18-17(21)13-8-9-16(19-12-13)20-14-6-5-7-15(11-14)23(22)4-2/h8-9,12,14-15H,3-7,10-11H2,1-2H3,(H,18,21)(H,19,20). The third-order valence-electron chi connectivity index (χ3n) is 4.20. The van der Waals surface area contributed by atoms with Gasteiger partial charge in [-0.25, -0.2) is 4.98 Å². The number of carbonyl (C=O) groups excluding carboxylic acids is 1. The Morgan fingerprint density at radius 3 is 2.83 bits per heavy atom. The van der Waals surface area contributed by atoms with Crippen molar-refractivity contribution in [3.8, 4) is 0 Å². The van der Waals surface area contributed by atoms with Gasteiger partial charge in [-0.05, 0) is 37.8 Å². The summed E-state index contributed by atoms with van der Waals surface area (Å²) in [5.41, 5.74) is 0.581. The number of hydrogen-bond acceptors (Lipinski definition) is 4. The molecular weight excluding hydrogens is 310 g/mol. The molecule has 5 nitrogen and oxygen atoms in total. The number of nitrogens with one attached hydrogen (secondary N) is 2. The first-order chi connectivity index (χ1) is 11.1. The predicted octanol–water partition coefficient (Wildman–Crippen LogP) is 2.71. The topological polar surface area (TPSA) is 71.1 Å². The van der Waals surface area contributed by atoms with Crippen LogP contribution in [0.25, 0.3) is 0 Å². The van der Waals surface area contributed by atoms with Crippen LogP contribution >= 0.6 is 0 Å². The molecule has 0 spiro atoms. The number of hydrogen-bond donors (Lipinski definition) is 2. The first-order valence-electron chi connectivity index (χ1n) is 8.52. The summed E-state index contributed by atoms with van der Waals surface area (Å²) in [4.78, 5) is 16.2. The third-order valence-corrected chi connectivity index (χ3v) is 5.94. The van der Waals surface area contributed by atoms with Gasteiger partial charge in [0, 0.05) is 40.6 Å². The van der Waals surface area contributed by atoms with Crippen molar-refractivity contribution >= 4 is 22.5 Å². The zero-order valence-corrected chi connectivity index (χ0v) is 14.8. The van der Waals surface area contributed by atoms with E-state index in [1.807, 2.05) is 19.9 Å². The van der Waals surface area contributed by atoms with E-state index in [2.05, 4.69) is 15.6 Å². The second-order valence-electron chi connectivity index (χ2n) is 5.99. The molecule has 1 aliphatic rings. The molecule has 2 rings (SSSR count). The van der Waals surface area contributed by atoms with Crippen LogP contribution in [-0.2, 0) is 10.8 Å². The van der Waals surface area contributed by atoms with Gasteiger partial charge in [0.05, 0.1) is 5.56 Å². The van der Waals surface area contributed by atoms with E-state index in [0.717, 1.165) is 43.7 Å². The molecule has 1 fully saturated rings. The normalized spacial score (nSPS) is 22.3. The van der Waals surface area contributed by atoms with Crippen LogP contribution in [0.5, 0.6) is 0 Å². The fraction of sp³-hybridized carbons (Fsp3) is 0.647. The minimum atomic E-state index is -0.719. The first kappa shape index (κ1) is 17.9. The molecular formula is C17H27N3O2S. The Hall–Kier alpha value is -1.43. The van der Waals surface area contributed by atoms with Crippen molar-refractivity contribution in [2.45, 2.75) is 57.2 Å². The lowest BCUT2D eigenvalue weighted by Gasteiger charge is -2.29. The number of aromatic nitrogens is 1. The van der Waals surface area contributed by atoms with E-state index < -0.39 is 10.8 Å². The van der Waals surface area contributed by atoms with E-state index in [4.69, 9.17) is 0 Å². The molecule has 1 aliphatic carbocycles. The summed E-state index contributed by atoms with van der Waals surface area (Å²) < 4.78 is 12.0. The van der Waals surface area contributed by atoms with Crippen LogP contribution in [0.1, 0.15) is 56.3 Å². The van der Waals surface area contributed by atoms with Crippen LogP contribution in [0.2, 0.25) is 0 Å². The number of carbonyl (C=O) groups is 1. The quantitative estimate of drug-likeness (QED) is 0.802. The number of pyridine rings is 1. The van der Waals surface area contributed by atoms with Crippen molar-refractivity contribution < 1.29 is 9.00 Å². The molecule has 3 unspecified atom stereocenters. The number of anilines is 1. The van der Waals surface area contributed by atoms with Gasteiger partial charge in [-0.1, -0.05) is 20.3 Å². The second-order valence-corrected chi connectivity index (χ2v) is 7.99. The zero-order chi connectivity index (χ0) is 16.7. The Balaban J connectivity index is 1.90. The third kappa shape index (κ3) is 5.30. The Labute approximate surface area is 141 Å². The molecule has 23 heavy (non-hydrogen) atoms. The van der Waals surface area contributed by atoms with Crippen LogP contribution in [0.4, 0.5) is 5.82 Å². The number of amides is 1. The Kier molecular flexibility index (Phi) is 7.02. The van der Waals surface area contributed by atoms with Crippen molar-refractivity contribution in [3.05, 3.63) is 23.9 Å². The molecule has 128 valence electrons. The molecule has 0 aromatic carbocycles. The minimum absolute atomic E-state index is 0.0815. The second kappa shape index (κ2) is 9.01. The molecule has 0 bridgehead atoms. The van der Waals surface area contributed by atoms with E-state index in [1.165, 1.54) is 0 Å². The molecule has 1 heterocycles. The van der Waals surface area contributed by atoms with Crippen LogP contribution < -0.4 is 10.6 Å². The van der Waals surface area contributed by atoms with Gasteiger partial charge in [0.25, 0.3) is 5.91 Å². The summed E-state index contributed by atoms with van der Waals surface area (Å²) in [6.45, 7) is 4.68. The van der Waals surface area contributed by atoms with Gasteiger partial charge >= 0.3 is 0 Å². The van der Waals surface area contributed by atoms with Crippen LogP contribution in [0.3, 0.4) is 0 Å². The highest BCUT2D eigenvalue weighted by atomic mass is 32.2.